The highest BCUT2D eigenvalue weighted by molar-refractivity contribution is 7.00. The molecule has 0 N–H and O–H groups in total. The van der Waals surface area contributed by atoms with E-state index in [1.54, 1.807) is 0 Å². The lowest BCUT2D eigenvalue weighted by Gasteiger charge is -2.48. The minimum Gasteiger partial charge on any atom is -0.405 e. The number of hydrogen-bond donors (Lipinski definition) is 0. The molecule has 55 heavy (non-hydrogen) atoms. The summed E-state index contributed by atoms with van der Waals surface area (Å²) in [5, 5.41) is 5.07. The van der Waals surface area contributed by atoms with Crippen LogP contribution in [0.2, 0.25) is 10.1 Å². The van der Waals surface area contributed by atoms with Crippen LogP contribution in [0.1, 0.15) is 119 Å². The molecule has 5 rings (SSSR count). The minimum absolute atomic E-state index is 0.0119. The Morgan fingerprint density at radius 3 is 1.45 bits per heavy atom. The highest BCUT2D eigenvalue weighted by Crippen LogP contribution is 2.41. The zero-order valence-corrected chi connectivity index (χ0v) is 37.1. The van der Waals surface area contributed by atoms with Crippen LogP contribution in [0.3, 0.4) is 0 Å². The van der Waals surface area contributed by atoms with Gasteiger partial charge in [0.25, 0.3) is 16.6 Å². The summed E-state index contributed by atoms with van der Waals surface area (Å²) in [6, 6.07) is 44.1. The van der Waals surface area contributed by atoms with Crippen LogP contribution in [0.4, 0.5) is 0 Å². The first-order valence-electron chi connectivity index (χ1n) is 21.4. The molecule has 296 valence electrons. The lowest BCUT2D eigenvalue weighted by molar-refractivity contribution is -0.120. The Bertz CT molecular complexity index is 1600. The third-order valence-electron chi connectivity index (χ3n) is 11.7. The molecule has 0 aliphatic carbocycles. The summed E-state index contributed by atoms with van der Waals surface area (Å²) in [5.41, 5.74) is 0. The molecule has 0 unspecified atom stereocenters. The van der Waals surface area contributed by atoms with E-state index in [2.05, 4.69) is 182 Å². The van der Waals surface area contributed by atoms with Crippen molar-refractivity contribution < 1.29 is 13.6 Å². The van der Waals surface area contributed by atoms with Gasteiger partial charge in [-0.05, 0) is 62.9 Å². The van der Waals surface area contributed by atoms with Crippen LogP contribution in [0.15, 0.2) is 133 Å². The van der Waals surface area contributed by atoms with Gasteiger partial charge in [-0.2, -0.15) is 0 Å². The van der Waals surface area contributed by atoms with Crippen molar-refractivity contribution in [2.24, 2.45) is 0 Å². The topological polar surface area (TPSA) is 27.7 Å². The van der Waals surface area contributed by atoms with Crippen LogP contribution >= 0.6 is 0 Å². The van der Waals surface area contributed by atoms with E-state index < -0.39 is 16.6 Å². The molecule has 0 aromatic heterocycles. The summed E-state index contributed by atoms with van der Waals surface area (Å²) in [6.07, 6.45) is 17.8. The van der Waals surface area contributed by atoms with Gasteiger partial charge >= 0.3 is 0 Å². The van der Waals surface area contributed by atoms with Gasteiger partial charge in [-0.3, -0.25) is 0 Å². The van der Waals surface area contributed by atoms with Gasteiger partial charge in [-0.25, -0.2) is 0 Å². The molecule has 0 amide bonds. The molecule has 0 spiro atoms. The van der Waals surface area contributed by atoms with Gasteiger partial charge in [0, 0.05) is 0 Å². The van der Waals surface area contributed by atoms with Crippen molar-refractivity contribution in [3.8, 4) is 0 Å². The minimum atomic E-state index is -2.77. The molecule has 5 heteroatoms. The second-order valence-electron chi connectivity index (χ2n) is 17.8. The standard InChI is InChI=1S/C50H70O3Si2/c1-8-9-10-11-12-13-14-15-16-29-38-47-48(53-55(50(5,6)7,45-34-25-19-26-35-45)46-36-27-20-28-37-46)40-39-42(52-47)41-51-54(49(2,3)4,43-30-21-17-22-31-43)44-32-23-18-24-33-44/h16-37,42,47-48H,8-15,38-41H2,1-7H3/b29-16-/t42-,47-,48-/m1/s1. The summed E-state index contributed by atoms with van der Waals surface area (Å²) in [5.74, 6) is 0. The third-order valence-corrected chi connectivity index (χ3v) is 21.8. The van der Waals surface area contributed by atoms with Crippen LogP contribution in [0.5, 0.6) is 0 Å². The van der Waals surface area contributed by atoms with Crippen molar-refractivity contribution >= 4 is 37.4 Å². The largest absolute Gasteiger partial charge is 0.405 e. The molecule has 1 fully saturated rings. The average Bonchev–Trinajstić information content (AvgIpc) is 3.19. The van der Waals surface area contributed by atoms with Crippen molar-refractivity contribution in [1.82, 2.24) is 0 Å². The van der Waals surface area contributed by atoms with Gasteiger partial charge in [0.2, 0.25) is 0 Å². The Morgan fingerprint density at radius 2 is 1.00 bits per heavy atom. The first-order valence-corrected chi connectivity index (χ1v) is 25.2. The first kappa shape index (κ1) is 43.1. The molecule has 3 atom stereocenters. The van der Waals surface area contributed by atoms with Crippen LogP contribution in [0.25, 0.3) is 0 Å². The molecule has 0 bridgehead atoms. The van der Waals surface area contributed by atoms with Crippen molar-refractivity contribution in [1.29, 1.82) is 0 Å². The molecule has 4 aromatic carbocycles. The molecule has 1 saturated heterocycles. The fraction of sp³-hybridized carbons (Fsp3) is 0.480. The van der Waals surface area contributed by atoms with E-state index in [1.165, 1.54) is 65.7 Å². The maximum absolute atomic E-state index is 7.81. The van der Waals surface area contributed by atoms with Crippen molar-refractivity contribution in [2.45, 2.75) is 147 Å². The molecule has 1 aliphatic heterocycles. The summed E-state index contributed by atoms with van der Waals surface area (Å²) in [7, 11) is -5.47. The lowest BCUT2D eigenvalue weighted by Crippen LogP contribution is -2.69. The predicted octanol–water partition coefficient (Wildman–Crippen LogP) is 11.1. The highest BCUT2D eigenvalue weighted by Gasteiger charge is 2.54. The third kappa shape index (κ3) is 10.7. The van der Waals surface area contributed by atoms with E-state index in [-0.39, 0.29) is 28.4 Å². The van der Waals surface area contributed by atoms with Crippen LogP contribution in [0, 0.1) is 0 Å². The normalized spacial score (nSPS) is 18.5. The molecule has 0 radical (unpaired) electrons. The molecule has 4 aromatic rings. The summed E-state index contributed by atoms with van der Waals surface area (Å²) in [6.45, 7) is 17.0. The van der Waals surface area contributed by atoms with Crippen molar-refractivity contribution in [3.63, 3.8) is 0 Å². The fourth-order valence-electron chi connectivity index (χ4n) is 8.87. The quantitative estimate of drug-likeness (QED) is 0.0539. The Kier molecular flexibility index (Phi) is 16.0. The van der Waals surface area contributed by atoms with Gasteiger partial charge < -0.3 is 13.6 Å². The number of benzene rings is 4. The van der Waals surface area contributed by atoms with Gasteiger partial charge in [0.1, 0.15) is 0 Å². The Balaban J connectivity index is 1.42. The number of ether oxygens (including phenoxy) is 1. The summed E-state index contributed by atoms with van der Waals surface area (Å²) in [4.78, 5) is 0. The second kappa shape index (κ2) is 20.4. The highest BCUT2D eigenvalue weighted by atomic mass is 28.4. The first-order chi connectivity index (χ1) is 26.5. The predicted molar refractivity (Wildman–Crippen MR) is 240 cm³/mol. The molecular formula is C50H70O3Si2. The zero-order valence-electron chi connectivity index (χ0n) is 35.1. The maximum atomic E-state index is 7.81. The number of allylic oxidation sites excluding steroid dienone is 1. The smallest absolute Gasteiger partial charge is 0.261 e. The monoisotopic (exact) mass is 774 g/mol. The van der Waals surface area contributed by atoms with E-state index in [4.69, 9.17) is 13.6 Å². The number of hydrogen-bond acceptors (Lipinski definition) is 3. The Labute approximate surface area is 337 Å². The average molecular weight is 775 g/mol. The maximum Gasteiger partial charge on any atom is 0.261 e. The second-order valence-corrected chi connectivity index (χ2v) is 26.3. The number of unbranched alkanes of at least 4 members (excludes halogenated alkanes) is 7. The van der Waals surface area contributed by atoms with E-state index in [0.29, 0.717) is 6.61 Å². The van der Waals surface area contributed by atoms with Gasteiger partial charge in [-0.1, -0.05) is 220 Å². The SMILES string of the molecule is CCCCCCCCC/C=C\C[C@H]1O[C@@H](CO[Si](c2ccccc2)(c2ccccc2)C(C)(C)C)CC[C@H]1O[Si](c1ccccc1)(c1ccccc1)C(C)(C)C. The fourth-order valence-corrected chi connectivity index (χ4v) is 18.2. The molecular weight excluding hydrogens is 705 g/mol. The van der Waals surface area contributed by atoms with Crippen molar-refractivity contribution in [3.05, 3.63) is 133 Å². The van der Waals surface area contributed by atoms with E-state index in [0.717, 1.165) is 25.7 Å². The van der Waals surface area contributed by atoms with E-state index >= 15 is 0 Å². The summed E-state index contributed by atoms with van der Waals surface area (Å²) < 4.78 is 22.5. The lowest BCUT2D eigenvalue weighted by atomic mass is 9.99. The van der Waals surface area contributed by atoms with E-state index in [9.17, 15) is 0 Å². The number of rotatable bonds is 19. The van der Waals surface area contributed by atoms with Crippen LogP contribution in [-0.4, -0.2) is 41.6 Å². The van der Waals surface area contributed by atoms with Crippen LogP contribution < -0.4 is 20.7 Å². The molecule has 1 heterocycles. The molecule has 3 nitrogen and oxygen atoms in total. The Hall–Kier alpha value is -3.07. The zero-order chi connectivity index (χ0) is 39.2. The molecule has 1 aliphatic rings. The van der Waals surface area contributed by atoms with Gasteiger partial charge in [-0.15, -0.1) is 0 Å². The van der Waals surface area contributed by atoms with Crippen molar-refractivity contribution in [2.75, 3.05) is 6.61 Å². The Morgan fingerprint density at radius 1 is 0.564 bits per heavy atom. The van der Waals surface area contributed by atoms with Crippen LogP contribution in [-0.2, 0) is 13.6 Å². The van der Waals surface area contributed by atoms with E-state index in [1.807, 2.05) is 0 Å². The molecule has 0 saturated carbocycles. The van der Waals surface area contributed by atoms with Gasteiger partial charge in [0.05, 0.1) is 24.9 Å². The summed E-state index contributed by atoms with van der Waals surface area (Å²) >= 11 is 0. The van der Waals surface area contributed by atoms with Gasteiger partial charge in [0.15, 0.2) is 0 Å².